The van der Waals surface area contributed by atoms with Gasteiger partial charge in [-0.05, 0) is 17.7 Å². The van der Waals surface area contributed by atoms with Crippen molar-refractivity contribution >= 4 is 39.7 Å². The zero-order chi connectivity index (χ0) is 15.5. The van der Waals surface area contributed by atoms with Crippen molar-refractivity contribution in [2.24, 2.45) is 0 Å². The molecule has 1 aliphatic heterocycles. The van der Waals surface area contributed by atoms with Crippen LogP contribution in [0.25, 0.3) is 0 Å². The van der Waals surface area contributed by atoms with E-state index in [0.29, 0.717) is 16.7 Å². The molecular formula is C15H17Cl2N3OS. The minimum absolute atomic E-state index is 0.0194. The second-order valence-electron chi connectivity index (χ2n) is 5.16. The summed E-state index contributed by atoms with van der Waals surface area (Å²) in [4.78, 5) is 6.89. The highest BCUT2D eigenvalue weighted by molar-refractivity contribution is 7.13. The summed E-state index contributed by atoms with van der Waals surface area (Å²) < 4.78 is 5.88. The molecule has 2 aromatic rings. The van der Waals surface area contributed by atoms with E-state index in [1.54, 1.807) is 11.3 Å². The number of nitrogens with one attached hydrogen (secondary N) is 1. The Hall–Kier alpha value is -0.850. The molecule has 1 aromatic heterocycles. The molecule has 22 heavy (non-hydrogen) atoms. The smallest absolute Gasteiger partial charge is 0.182 e. The summed E-state index contributed by atoms with van der Waals surface area (Å²) in [6, 6.07) is 5.69. The molecular weight excluding hydrogens is 341 g/mol. The molecule has 1 aromatic carbocycles. The molecule has 2 heterocycles. The van der Waals surface area contributed by atoms with E-state index in [0.717, 1.165) is 36.0 Å². The Morgan fingerprint density at radius 2 is 2.27 bits per heavy atom. The Morgan fingerprint density at radius 1 is 1.41 bits per heavy atom. The standard InChI is InChI=1S/C15H17Cl2N3OS/c1-18-15-19-11(9-22-15)7-20-4-5-21-14(8-20)10-2-3-12(16)13(17)6-10/h2-3,6,9,14H,4-5,7-8H2,1H3,(H,18,19). The molecule has 1 fully saturated rings. The average molecular weight is 358 g/mol. The number of thiazole rings is 1. The van der Waals surface area contributed by atoms with Crippen molar-refractivity contribution in [2.75, 3.05) is 32.1 Å². The summed E-state index contributed by atoms with van der Waals surface area (Å²) in [6.07, 6.45) is 0.0194. The van der Waals surface area contributed by atoms with Crippen LogP contribution in [0.5, 0.6) is 0 Å². The van der Waals surface area contributed by atoms with Crippen molar-refractivity contribution in [2.45, 2.75) is 12.6 Å². The quantitative estimate of drug-likeness (QED) is 0.894. The van der Waals surface area contributed by atoms with Gasteiger partial charge in [0, 0.05) is 32.1 Å². The first-order valence-corrected chi connectivity index (χ1v) is 8.70. The summed E-state index contributed by atoms with van der Waals surface area (Å²) >= 11 is 13.7. The summed E-state index contributed by atoms with van der Waals surface area (Å²) in [7, 11) is 1.89. The van der Waals surface area contributed by atoms with Crippen LogP contribution in [-0.4, -0.2) is 36.6 Å². The van der Waals surface area contributed by atoms with Gasteiger partial charge in [-0.2, -0.15) is 0 Å². The molecule has 1 aliphatic rings. The van der Waals surface area contributed by atoms with Crippen molar-refractivity contribution < 1.29 is 4.74 Å². The number of ether oxygens (including phenoxy) is 1. The molecule has 0 aliphatic carbocycles. The van der Waals surface area contributed by atoms with Crippen molar-refractivity contribution in [1.29, 1.82) is 0 Å². The molecule has 1 saturated heterocycles. The highest BCUT2D eigenvalue weighted by Crippen LogP contribution is 2.29. The lowest BCUT2D eigenvalue weighted by Crippen LogP contribution is -2.37. The molecule has 3 rings (SSSR count). The number of rotatable bonds is 4. The van der Waals surface area contributed by atoms with Crippen LogP contribution in [-0.2, 0) is 11.3 Å². The number of halogens is 2. The fraction of sp³-hybridized carbons (Fsp3) is 0.400. The van der Waals surface area contributed by atoms with Gasteiger partial charge in [0.1, 0.15) is 0 Å². The molecule has 7 heteroatoms. The lowest BCUT2D eigenvalue weighted by atomic mass is 10.1. The summed E-state index contributed by atoms with van der Waals surface area (Å²) in [6.45, 7) is 3.27. The van der Waals surface area contributed by atoms with Gasteiger partial charge in [0.25, 0.3) is 0 Å². The maximum Gasteiger partial charge on any atom is 0.182 e. The van der Waals surface area contributed by atoms with E-state index < -0.39 is 0 Å². The average Bonchev–Trinajstić information content (AvgIpc) is 2.98. The Bertz CT molecular complexity index is 649. The molecule has 0 amide bonds. The molecule has 0 radical (unpaired) electrons. The fourth-order valence-corrected chi connectivity index (χ4v) is 3.45. The van der Waals surface area contributed by atoms with E-state index in [1.807, 2.05) is 25.2 Å². The summed E-state index contributed by atoms with van der Waals surface area (Å²) in [5.74, 6) is 0. The number of benzene rings is 1. The molecule has 4 nitrogen and oxygen atoms in total. The van der Waals surface area contributed by atoms with Gasteiger partial charge in [-0.15, -0.1) is 11.3 Å². The van der Waals surface area contributed by atoms with Gasteiger partial charge in [0.05, 0.1) is 28.5 Å². The van der Waals surface area contributed by atoms with Gasteiger partial charge in [-0.1, -0.05) is 29.3 Å². The van der Waals surface area contributed by atoms with Crippen LogP contribution in [0.4, 0.5) is 5.13 Å². The van der Waals surface area contributed by atoms with Gasteiger partial charge < -0.3 is 10.1 Å². The number of hydrogen-bond acceptors (Lipinski definition) is 5. The lowest BCUT2D eigenvalue weighted by molar-refractivity contribution is -0.0332. The van der Waals surface area contributed by atoms with Crippen molar-refractivity contribution in [3.63, 3.8) is 0 Å². The van der Waals surface area contributed by atoms with Gasteiger partial charge in [-0.25, -0.2) is 4.98 Å². The van der Waals surface area contributed by atoms with Crippen LogP contribution in [0.15, 0.2) is 23.6 Å². The topological polar surface area (TPSA) is 37.4 Å². The van der Waals surface area contributed by atoms with Gasteiger partial charge >= 0.3 is 0 Å². The van der Waals surface area contributed by atoms with Crippen LogP contribution in [0.2, 0.25) is 10.0 Å². The van der Waals surface area contributed by atoms with E-state index in [-0.39, 0.29) is 6.10 Å². The maximum atomic E-state index is 6.10. The Balaban J connectivity index is 1.67. The SMILES string of the molecule is CNc1nc(CN2CCOC(c3ccc(Cl)c(Cl)c3)C2)cs1. The third kappa shape index (κ3) is 3.73. The first kappa shape index (κ1) is 16.0. The summed E-state index contributed by atoms with van der Waals surface area (Å²) in [5, 5.41) is 7.25. The zero-order valence-corrected chi connectivity index (χ0v) is 14.5. The van der Waals surface area contributed by atoms with E-state index in [4.69, 9.17) is 27.9 Å². The van der Waals surface area contributed by atoms with Crippen molar-refractivity contribution in [3.8, 4) is 0 Å². The van der Waals surface area contributed by atoms with Gasteiger partial charge in [0.2, 0.25) is 0 Å². The van der Waals surface area contributed by atoms with Crippen LogP contribution < -0.4 is 5.32 Å². The normalized spacial score (nSPS) is 19.3. The Kier molecular flexibility index (Phi) is 5.21. The van der Waals surface area contributed by atoms with E-state index in [9.17, 15) is 0 Å². The molecule has 118 valence electrons. The summed E-state index contributed by atoms with van der Waals surface area (Å²) in [5.41, 5.74) is 2.15. The second-order valence-corrected chi connectivity index (χ2v) is 6.83. The minimum atomic E-state index is 0.0194. The van der Waals surface area contributed by atoms with Crippen LogP contribution in [0, 0.1) is 0 Å². The zero-order valence-electron chi connectivity index (χ0n) is 12.2. The molecule has 1 atom stereocenters. The predicted octanol–water partition coefficient (Wildman–Crippen LogP) is 4.07. The highest BCUT2D eigenvalue weighted by Gasteiger charge is 2.23. The Labute approximate surface area is 144 Å². The monoisotopic (exact) mass is 357 g/mol. The van der Waals surface area contributed by atoms with Crippen LogP contribution in [0.1, 0.15) is 17.4 Å². The van der Waals surface area contributed by atoms with Crippen LogP contribution >= 0.6 is 34.5 Å². The van der Waals surface area contributed by atoms with Crippen molar-refractivity contribution in [3.05, 3.63) is 44.9 Å². The van der Waals surface area contributed by atoms with E-state index in [2.05, 4.69) is 20.6 Å². The third-order valence-corrected chi connectivity index (χ3v) is 5.26. The van der Waals surface area contributed by atoms with Crippen LogP contribution in [0.3, 0.4) is 0 Å². The number of anilines is 1. The Morgan fingerprint density at radius 3 is 3.00 bits per heavy atom. The molecule has 0 saturated carbocycles. The van der Waals surface area contributed by atoms with E-state index in [1.165, 1.54) is 0 Å². The maximum absolute atomic E-state index is 6.10. The third-order valence-electron chi connectivity index (χ3n) is 3.62. The first-order valence-electron chi connectivity index (χ1n) is 7.07. The first-order chi connectivity index (χ1) is 10.7. The van der Waals surface area contributed by atoms with Crippen molar-refractivity contribution in [1.82, 2.24) is 9.88 Å². The van der Waals surface area contributed by atoms with Gasteiger partial charge in [-0.3, -0.25) is 4.90 Å². The highest BCUT2D eigenvalue weighted by atomic mass is 35.5. The fourth-order valence-electron chi connectivity index (χ4n) is 2.48. The molecule has 1 unspecified atom stereocenters. The molecule has 0 spiro atoms. The second kappa shape index (κ2) is 7.15. The molecule has 0 bridgehead atoms. The predicted molar refractivity (Wildman–Crippen MR) is 92.1 cm³/mol. The number of morpholine rings is 1. The lowest BCUT2D eigenvalue weighted by Gasteiger charge is -2.32. The molecule has 1 N–H and O–H groups in total. The number of hydrogen-bond donors (Lipinski definition) is 1. The van der Waals surface area contributed by atoms with E-state index >= 15 is 0 Å². The number of aromatic nitrogens is 1. The number of nitrogens with zero attached hydrogens (tertiary/aromatic N) is 2. The van der Waals surface area contributed by atoms with Gasteiger partial charge in [0.15, 0.2) is 5.13 Å². The minimum Gasteiger partial charge on any atom is -0.371 e. The largest absolute Gasteiger partial charge is 0.371 e.